The van der Waals surface area contributed by atoms with E-state index in [2.05, 4.69) is 16.1 Å². The lowest BCUT2D eigenvalue weighted by molar-refractivity contribution is 0.0630. The molecule has 0 bridgehead atoms. The fourth-order valence-corrected chi connectivity index (χ4v) is 4.35. The van der Waals surface area contributed by atoms with E-state index in [1.807, 2.05) is 65.9 Å². The minimum atomic E-state index is -0.0125. The second kappa shape index (κ2) is 9.12. The fraction of sp³-hybridized carbons (Fsp3) is 0.308. The van der Waals surface area contributed by atoms with E-state index in [0.29, 0.717) is 41.3 Å². The zero-order valence-corrected chi connectivity index (χ0v) is 19.3. The van der Waals surface area contributed by atoms with E-state index in [-0.39, 0.29) is 11.9 Å². The van der Waals surface area contributed by atoms with Crippen LogP contribution in [0.1, 0.15) is 41.4 Å². The lowest BCUT2D eigenvalue weighted by atomic mass is 10.1. The largest absolute Gasteiger partial charge is 0.463 e. The van der Waals surface area contributed by atoms with Gasteiger partial charge >= 0.3 is 0 Å². The van der Waals surface area contributed by atoms with Crippen LogP contribution >= 0.6 is 0 Å². The van der Waals surface area contributed by atoms with Gasteiger partial charge in [-0.1, -0.05) is 12.1 Å². The molecule has 1 amide bonds. The number of piperazine rings is 1. The molecule has 3 aromatic heterocycles. The Morgan fingerprint density at radius 1 is 1.15 bits per heavy atom. The average molecular weight is 455 g/mol. The Hall–Kier alpha value is -3.96. The van der Waals surface area contributed by atoms with Crippen LogP contribution in [0.3, 0.4) is 0 Å². The standard InChI is InChI=1S/C26H26N6O2/c1-18(2)32-25-22(16-28-32)21(14-23(29-25)24-4-3-13-34-24)26(33)31-11-9-30(10-12-31)17-20-7-5-19(15-27)6-8-20/h3-8,13-14,16,18H,9-12,17H2,1-2H3. The van der Waals surface area contributed by atoms with E-state index in [9.17, 15) is 4.79 Å². The van der Waals surface area contributed by atoms with Crippen LogP contribution in [-0.4, -0.2) is 56.7 Å². The van der Waals surface area contributed by atoms with Gasteiger partial charge in [-0.15, -0.1) is 0 Å². The first-order valence-electron chi connectivity index (χ1n) is 11.5. The van der Waals surface area contributed by atoms with Crippen molar-refractivity contribution in [2.24, 2.45) is 0 Å². The van der Waals surface area contributed by atoms with E-state index in [0.717, 1.165) is 25.0 Å². The predicted octanol–water partition coefficient (Wildman–Crippen LogP) is 4.10. The predicted molar refractivity (Wildman–Crippen MR) is 128 cm³/mol. The lowest BCUT2D eigenvalue weighted by Crippen LogP contribution is -2.48. The Morgan fingerprint density at radius 3 is 2.56 bits per heavy atom. The number of amides is 1. The number of hydrogen-bond acceptors (Lipinski definition) is 6. The van der Waals surface area contributed by atoms with Crippen molar-refractivity contribution >= 4 is 16.9 Å². The Labute approximate surface area is 198 Å². The van der Waals surface area contributed by atoms with Crippen LogP contribution in [0.2, 0.25) is 0 Å². The van der Waals surface area contributed by atoms with Gasteiger partial charge in [0.15, 0.2) is 11.4 Å². The molecule has 34 heavy (non-hydrogen) atoms. The van der Waals surface area contributed by atoms with Crippen molar-refractivity contribution in [2.75, 3.05) is 26.2 Å². The monoisotopic (exact) mass is 454 g/mol. The quantitative estimate of drug-likeness (QED) is 0.451. The van der Waals surface area contributed by atoms with Crippen LogP contribution < -0.4 is 0 Å². The van der Waals surface area contributed by atoms with Gasteiger partial charge in [-0.25, -0.2) is 9.67 Å². The molecule has 1 aliphatic rings. The van der Waals surface area contributed by atoms with Crippen LogP contribution in [0, 0.1) is 11.3 Å². The second-order valence-electron chi connectivity index (χ2n) is 8.83. The van der Waals surface area contributed by atoms with Crippen molar-refractivity contribution in [3.05, 3.63) is 71.6 Å². The van der Waals surface area contributed by atoms with Crippen LogP contribution in [0.4, 0.5) is 0 Å². The second-order valence-corrected chi connectivity index (χ2v) is 8.83. The van der Waals surface area contributed by atoms with Gasteiger partial charge in [0.2, 0.25) is 0 Å². The zero-order valence-electron chi connectivity index (χ0n) is 19.3. The van der Waals surface area contributed by atoms with Crippen LogP contribution in [0.5, 0.6) is 0 Å². The molecule has 8 nitrogen and oxygen atoms in total. The number of carbonyl (C=O) groups is 1. The van der Waals surface area contributed by atoms with Gasteiger partial charge in [0.05, 0.1) is 35.0 Å². The summed E-state index contributed by atoms with van der Waals surface area (Å²) in [7, 11) is 0. The number of pyridine rings is 1. The summed E-state index contributed by atoms with van der Waals surface area (Å²) < 4.78 is 7.41. The fourth-order valence-electron chi connectivity index (χ4n) is 4.35. The van der Waals surface area contributed by atoms with Gasteiger partial charge in [0.25, 0.3) is 5.91 Å². The molecular formula is C26H26N6O2. The number of benzene rings is 1. The normalized spacial score (nSPS) is 14.6. The van der Waals surface area contributed by atoms with E-state index in [1.165, 1.54) is 5.56 Å². The van der Waals surface area contributed by atoms with Gasteiger partial charge < -0.3 is 9.32 Å². The summed E-state index contributed by atoms with van der Waals surface area (Å²) in [5.41, 5.74) is 3.74. The molecular weight excluding hydrogens is 428 g/mol. The summed E-state index contributed by atoms with van der Waals surface area (Å²) in [5.74, 6) is 0.612. The molecule has 8 heteroatoms. The lowest BCUT2D eigenvalue weighted by Gasteiger charge is -2.35. The Kier molecular flexibility index (Phi) is 5.86. The number of carbonyl (C=O) groups excluding carboxylic acids is 1. The highest BCUT2D eigenvalue weighted by Gasteiger charge is 2.26. The van der Waals surface area contributed by atoms with Crippen molar-refractivity contribution in [2.45, 2.75) is 26.4 Å². The summed E-state index contributed by atoms with van der Waals surface area (Å²) in [4.78, 5) is 22.6. The molecule has 1 fully saturated rings. The number of hydrogen-bond donors (Lipinski definition) is 0. The first kappa shape index (κ1) is 21.9. The van der Waals surface area contributed by atoms with Gasteiger partial charge in [-0.3, -0.25) is 9.69 Å². The highest BCUT2D eigenvalue weighted by atomic mass is 16.3. The Morgan fingerprint density at radius 2 is 1.91 bits per heavy atom. The topological polar surface area (TPSA) is 91.2 Å². The number of fused-ring (bicyclic) bond motifs is 1. The molecule has 0 N–H and O–H groups in total. The van der Waals surface area contributed by atoms with E-state index in [1.54, 1.807) is 12.5 Å². The number of furan rings is 1. The smallest absolute Gasteiger partial charge is 0.254 e. The van der Waals surface area contributed by atoms with Gasteiger partial charge in [-0.2, -0.15) is 10.4 Å². The number of nitrogens with zero attached hydrogens (tertiary/aromatic N) is 6. The minimum Gasteiger partial charge on any atom is -0.463 e. The van der Waals surface area contributed by atoms with Crippen LogP contribution in [-0.2, 0) is 6.54 Å². The summed E-state index contributed by atoms with van der Waals surface area (Å²) in [6.45, 7) is 7.76. The molecule has 0 unspecified atom stereocenters. The Balaban J connectivity index is 1.36. The molecule has 5 rings (SSSR count). The first-order chi connectivity index (χ1) is 16.5. The average Bonchev–Trinajstić information content (AvgIpc) is 3.54. The molecule has 0 spiro atoms. The third-order valence-corrected chi connectivity index (χ3v) is 6.21. The minimum absolute atomic E-state index is 0.0125. The van der Waals surface area contributed by atoms with Crippen molar-refractivity contribution < 1.29 is 9.21 Å². The highest BCUT2D eigenvalue weighted by Crippen LogP contribution is 2.28. The Bertz CT molecular complexity index is 1340. The molecule has 4 heterocycles. The number of aromatic nitrogens is 3. The first-order valence-corrected chi connectivity index (χ1v) is 11.5. The van der Waals surface area contributed by atoms with E-state index in [4.69, 9.17) is 14.7 Å². The maximum atomic E-state index is 13.6. The number of nitriles is 1. The maximum absolute atomic E-state index is 13.6. The van der Waals surface area contributed by atoms with Crippen LogP contribution in [0.25, 0.3) is 22.5 Å². The third kappa shape index (κ3) is 4.18. The zero-order chi connectivity index (χ0) is 23.7. The molecule has 172 valence electrons. The van der Waals surface area contributed by atoms with Crippen molar-refractivity contribution in [1.29, 1.82) is 5.26 Å². The number of rotatable bonds is 5. The molecule has 0 saturated carbocycles. The summed E-state index contributed by atoms with van der Waals surface area (Å²) in [5, 5.41) is 14.2. The van der Waals surface area contributed by atoms with Crippen molar-refractivity contribution in [3.8, 4) is 17.5 Å². The van der Waals surface area contributed by atoms with Crippen LogP contribution in [0.15, 0.2) is 59.3 Å². The molecule has 4 aromatic rings. The molecule has 1 saturated heterocycles. The van der Waals surface area contributed by atoms with Gasteiger partial charge in [0, 0.05) is 38.8 Å². The van der Waals surface area contributed by atoms with Crippen molar-refractivity contribution in [1.82, 2.24) is 24.6 Å². The molecule has 0 radical (unpaired) electrons. The molecule has 1 aliphatic heterocycles. The molecule has 0 atom stereocenters. The molecule has 0 aliphatic carbocycles. The van der Waals surface area contributed by atoms with Crippen molar-refractivity contribution in [3.63, 3.8) is 0 Å². The summed E-state index contributed by atoms with van der Waals surface area (Å²) in [6.07, 6.45) is 3.35. The summed E-state index contributed by atoms with van der Waals surface area (Å²) >= 11 is 0. The maximum Gasteiger partial charge on any atom is 0.254 e. The highest BCUT2D eigenvalue weighted by molar-refractivity contribution is 6.06. The summed E-state index contributed by atoms with van der Waals surface area (Å²) in [6, 6.07) is 15.4. The van der Waals surface area contributed by atoms with E-state index < -0.39 is 0 Å². The van der Waals surface area contributed by atoms with E-state index >= 15 is 0 Å². The third-order valence-electron chi connectivity index (χ3n) is 6.21. The van der Waals surface area contributed by atoms with Gasteiger partial charge in [0.1, 0.15) is 5.69 Å². The van der Waals surface area contributed by atoms with Gasteiger partial charge in [-0.05, 0) is 49.7 Å². The molecule has 1 aromatic carbocycles. The SMILES string of the molecule is CC(C)n1ncc2c(C(=O)N3CCN(Cc4ccc(C#N)cc4)CC3)cc(-c3ccco3)nc21.